The van der Waals surface area contributed by atoms with Gasteiger partial charge in [0.1, 0.15) is 5.75 Å². The van der Waals surface area contributed by atoms with Crippen molar-refractivity contribution in [2.45, 2.75) is 39.1 Å². The quantitative estimate of drug-likeness (QED) is 0.808. The van der Waals surface area contributed by atoms with E-state index in [4.69, 9.17) is 0 Å². The van der Waals surface area contributed by atoms with Crippen molar-refractivity contribution in [3.05, 3.63) is 29.8 Å². The Balaban J connectivity index is 0.00000288. The van der Waals surface area contributed by atoms with Gasteiger partial charge >= 0.3 is 6.36 Å². The summed E-state index contributed by atoms with van der Waals surface area (Å²) in [6, 6.07) is 6.59. The Kier molecular flexibility index (Phi) is 8.33. The summed E-state index contributed by atoms with van der Waals surface area (Å²) >= 11 is 0. The SMILES string of the molecule is CCCC(C)[C@H](c1ccc(OC(F)(F)F)cc1)N1CCNCC1.Cl. The van der Waals surface area contributed by atoms with Crippen LogP contribution in [0.15, 0.2) is 24.3 Å². The minimum atomic E-state index is -4.64. The number of hydrogen-bond acceptors (Lipinski definition) is 3. The van der Waals surface area contributed by atoms with E-state index in [9.17, 15) is 13.2 Å². The molecule has 1 aromatic rings. The molecule has 2 rings (SSSR count). The first kappa shape index (κ1) is 21.1. The molecule has 1 saturated heterocycles. The Morgan fingerprint density at radius 2 is 1.75 bits per heavy atom. The van der Waals surface area contributed by atoms with E-state index in [1.165, 1.54) is 12.1 Å². The van der Waals surface area contributed by atoms with Gasteiger partial charge in [-0.1, -0.05) is 32.4 Å². The summed E-state index contributed by atoms with van der Waals surface area (Å²) in [7, 11) is 0. The van der Waals surface area contributed by atoms with E-state index >= 15 is 0 Å². The van der Waals surface area contributed by atoms with Crippen molar-refractivity contribution < 1.29 is 17.9 Å². The normalized spacial score (nSPS) is 18.5. The average molecular weight is 367 g/mol. The van der Waals surface area contributed by atoms with Crippen molar-refractivity contribution in [2.75, 3.05) is 26.2 Å². The van der Waals surface area contributed by atoms with E-state index in [0.717, 1.165) is 44.6 Å². The predicted molar refractivity (Wildman–Crippen MR) is 91.6 cm³/mol. The van der Waals surface area contributed by atoms with E-state index in [-0.39, 0.29) is 24.2 Å². The molecule has 3 nitrogen and oxygen atoms in total. The lowest BCUT2D eigenvalue weighted by Gasteiger charge is -2.38. The highest BCUT2D eigenvalue weighted by molar-refractivity contribution is 5.85. The fourth-order valence-corrected chi connectivity index (χ4v) is 3.34. The van der Waals surface area contributed by atoms with Gasteiger partial charge in [-0.3, -0.25) is 4.90 Å². The first-order chi connectivity index (χ1) is 10.9. The summed E-state index contributed by atoms with van der Waals surface area (Å²) < 4.78 is 40.8. The lowest BCUT2D eigenvalue weighted by Crippen LogP contribution is -2.46. The van der Waals surface area contributed by atoms with Crippen molar-refractivity contribution in [3.8, 4) is 5.75 Å². The number of halogens is 4. The zero-order valence-corrected chi connectivity index (χ0v) is 14.9. The summed E-state index contributed by atoms with van der Waals surface area (Å²) in [4.78, 5) is 2.43. The highest BCUT2D eigenvalue weighted by Gasteiger charge is 2.31. The molecule has 1 aliphatic rings. The summed E-state index contributed by atoms with van der Waals surface area (Å²) in [5, 5.41) is 3.34. The van der Waals surface area contributed by atoms with Crippen LogP contribution in [0.3, 0.4) is 0 Å². The van der Waals surface area contributed by atoms with Crippen LogP contribution in [0.4, 0.5) is 13.2 Å². The standard InChI is InChI=1S/C17H25F3N2O.ClH/c1-3-4-13(2)16(22-11-9-21-10-12-22)14-5-7-15(8-6-14)23-17(18,19)20;/h5-8,13,16,21H,3-4,9-12H2,1-2H3;1H/t13?,16-;/m1./s1. The van der Waals surface area contributed by atoms with E-state index in [1.54, 1.807) is 12.1 Å². The van der Waals surface area contributed by atoms with Crippen LogP contribution in [-0.2, 0) is 0 Å². The van der Waals surface area contributed by atoms with Gasteiger partial charge in [-0.2, -0.15) is 0 Å². The van der Waals surface area contributed by atoms with Crippen LogP contribution >= 0.6 is 12.4 Å². The molecule has 0 saturated carbocycles. The molecule has 0 amide bonds. The van der Waals surface area contributed by atoms with Crippen molar-refractivity contribution >= 4 is 12.4 Å². The van der Waals surface area contributed by atoms with Crippen LogP contribution in [0.2, 0.25) is 0 Å². The Morgan fingerprint density at radius 3 is 2.25 bits per heavy atom. The molecule has 7 heteroatoms. The minimum Gasteiger partial charge on any atom is -0.406 e. The van der Waals surface area contributed by atoms with Crippen molar-refractivity contribution in [3.63, 3.8) is 0 Å². The first-order valence-electron chi connectivity index (χ1n) is 8.21. The van der Waals surface area contributed by atoms with Crippen LogP contribution in [0.1, 0.15) is 38.3 Å². The van der Waals surface area contributed by atoms with Gasteiger partial charge in [0, 0.05) is 32.2 Å². The van der Waals surface area contributed by atoms with E-state index in [1.807, 2.05) is 0 Å². The molecular formula is C17H26ClF3N2O. The van der Waals surface area contributed by atoms with E-state index in [2.05, 4.69) is 28.8 Å². The molecule has 0 spiro atoms. The fourth-order valence-electron chi connectivity index (χ4n) is 3.34. The third kappa shape index (κ3) is 6.15. The highest BCUT2D eigenvalue weighted by atomic mass is 35.5. The molecule has 0 aliphatic carbocycles. The Bertz CT molecular complexity index is 476. The molecule has 24 heavy (non-hydrogen) atoms. The van der Waals surface area contributed by atoms with Crippen molar-refractivity contribution in [1.29, 1.82) is 0 Å². The van der Waals surface area contributed by atoms with Crippen molar-refractivity contribution in [1.82, 2.24) is 10.2 Å². The molecule has 0 bridgehead atoms. The van der Waals surface area contributed by atoms with E-state index in [0.29, 0.717) is 5.92 Å². The predicted octanol–water partition coefficient (Wildman–Crippen LogP) is 4.39. The maximum Gasteiger partial charge on any atom is 0.573 e. The van der Waals surface area contributed by atoms with Crippen LogP contribution in [-0.4, -0.2) is 37.4 Å². The summed E-state index contributed by atoms with van der Waals surface area (Å²) in [6.45, 7) is 8.19. The second-order valence-corrected chi connectivity index (χ2v) is 6.11. The number of benzene rings is 1. The third-order valence-corrected chi connectivity index (χ3v) is 4.28. The molecule has 138 valence electrons. The molecule has 1 aliphatic heterocycles. The number of rotatable bonds is 6. The van der Waals surface area contributed by atoms with Gasteiger partial charge in [-0.05, 0) is 30.0 Å². The number of nitrogens with zero attached hydrogens (tertiary/aromatic N) is 1. The zero-order valence-electron chi connectivity index (χ0n) is 14.1. The second-order valence-electron chi connectivity index (χ2n) is 6.11. The van der Waals surface area contributed by atoms with Gasteiger partial charge in [-0.15, -0.1) is 25.6 Å². The molecular weight excluding hydrogens is 341 g/mol. The molecule has 2 atom stereocenters. The molecule has 0 radical (unpaired) electrons. The molecule has 1 unspecified atom stereocenters. The van der Waals surface area contributed by atoms with E-state index < -0.39 is 6.36 Å². The number of hydrogen-bond donors (Lipinski definition) is 1. The fraction of sp³-hybridized carbons (Fsp3) is 0.647. The summed E-state index contributed by atoms with van der Waals surface area (Å²) in [5.74, 6) is 0.288. The number of ether oxygens (including phenoxy) is 1. The average Bonchev–Trinajstić information content (AvgIpc) is 2.49. The van der Waals surface area contributed by atoms with Gasteiger partial charge in [0.15, 0.2) is 0 Å². The van der Waals surface area contributed by atoms with Crippen LogP contribution < -0.4 is 10.1 Å². The smallest absolute Gasteiger partial charge is 0.406 e. The van der Waals surface area contributed by atoms with Gasteiger partial charge < -0.3 is 10.1 Å². The topological polar surface area (TPSA) is 24.5 Å². The largest absolute Gasteiger partial charge is 0.573 e. The first-order valence-corrected chi connectivity index (χ1v) is 8.21. The zero-order chi connectivity index (χ0) is 16.9. The highest BCUT2D eigenvalue weighted by Crippen LogP contribution is 2.33. The molecule has 1 aromatic carbocycles. The Hall–Kier alpha value is -0.980. The third-order valence-electron chi connectivity index (χ3n) is 4.28. The van der Waals surface area contributed by atoms with Gasteiger partial charge in [0.2, 0.25) is 0 Å². The Labute approximate surface area is 148 Å². The van der Waals surface area contributed by atoms with Gasteiger partial charge in [0.25, 0.3) is 0 Å². The van der Waals surface area contributed by atoms with Gasteiger partial charge in [0.05, 0.1) is 0 Å². The summed E-state index contributed by atoms with van der Waals surface area (Å²) in [5.41, 5.74) is 1.06. The van der Waals surface area contributed by atoms with Crippen LogP contribution in [0.25, 0.3) is 0 Å². The molecule has 1 heterocycles. The minimum absolute atomic E-state index is 0. The molecule has 1 fully saturated rings. The van der Waals surface area contributed by atoms with Crippen LogP contribution in [0.5, 0.6) is 5.75 Å². The monoisotopic (exact) mass is 366 g/mol. The number of nitrogens with one attached hydrogen (secondary N) is 1. The Morgan fingerprint density at radius 1 is 1.17 bits per heavy atom. The van der Waals surface area contributed by atoms with Crippen LogP contribution in [0, 0.1) is 5.92 Å². The maximum atomic E-state index is 12.3. The maximum absolute atomic E-state index is 12.3. The summed E-state index contributed by atoms with van der Waals surface area (Å²) in [6.07, 6.45) is -2.45. The number of alkyl halides is 3. The second kappa shape index (κ2) is 9.49. The molecule has 1 N–H and O–H groups in total. The lowest BCUT2D eigenvalue weighted by molar-refractivity contribution is -0.274. The number of piperazine rings is 1. The molecule has 0 aromatic heterocycles. The lowest BCUT2D eigenvalue weighted by atomic mass is 9.89. The van der Waals surface area contributed by atoms with Crippen molar-refractivity contribution in [2.24, 2.45) is 5.92 Å². The van der Waals surface area contributed by atoms with Gasteiger partial charge in [-0.25, -0.2) is 0 Å².